The summed E-state index contributed by atoms with van der Waals surface area (Å²) in [6.07, 6.45) is 7.65. The van der Waals surface area contributed by atoms with Crippen LogP contribution in [0.5, 0.6) is 0 Å². The van der Waals surface area contributed by atoms with Crippen LogP contribution in [-0.2, 0) is 13.6 Å². The maximum Gasteiger partial charge on any atom is 0.0538 e. The molecule has 1 saturated carbocycles. The molecule has 1 fully saturated rings. The van der Waals surface area contributed by atoms with Crippen molar-refractivity contribution in [2.24, 2.45) is 12.8 Å². The van der Waals surface area contributed by atoms with Gasteiger partial charge in [0.2, 0.25) is 0 Å². The Morgan fingerprint density at radius 1 is 1.52 bits per heavy atom. The Morgan fingerprint density at radius 2 is 2.33 bits per heavy atom. The Hall–Kier alpha value is -1.17. The molecule has 2 heterocycles. The van der Waals surface area contributed by atoms with Gasteiger partial charge in [-0.1, -0.05) is 6.92 Å². The second-order valence-electron chi connectivity index (χ2n) is 6.00. The molecular weight excluding hydrogens is 280 g/mol. The molecule has 2 N–H and O–H groups in total. The lowest BCUT2D eigenvalue weighted by atomic mass is 9.98. The molecule has 21 heavy (non-hydrogen) atoms. The van der Waals surface area contributed by atoms with Crippen molar-refractivity contribution in [2.75, 3.05) is 0 Å². The van der Waals surface area contributed by atoms with Gasteiger partial charge in [0.05, 0.1) is 12.2 Å². The zero-order valence-corrected chi connectivity index (χ0v) is 13.6. The minimum absolute atomic E-state index is 0.147. The first-order valence-electron chi connectivity index (χ1n) is 7.70. The van der Waals surface area contributed by atoms with E-state index >= 15 is 0 Å². The molecule has 5 heteroatoms. The average Bonchev–Trinajstić information content (AvgIpc) is 3.03. The largest absolute Gasteiger partial charge is 0.326 e. The third-order valence-electron chi connectivity index (χ3n) is 4.26. The maximum absolute atomic E-state index is 6.48. The van der Waals surface area contributed by atoms with Gasteiger partial charge in [-0.05, 0) is 41.7 Å². The topological polar surface area (TPSA) is 47.1 Å². The number of nitrogens with zero attached hydrogens (tertiary/aromatic N) is 3. The van der Waals surface area contributed by atoms with Crippen LogP contribution in [0.1, 0.15) is 43.4 Å². The molecule has 0 amide bonds. The fourth-order valence-corrected chi connectivity index (χ4v) is 3.61. The van der Waals surface area contributed by atoms with Crippen molar-refractivity contribution in [1.29, 1.82) is 0 Å². The molecule has 0 radical (unpaired) electrons. The number of aryl methyl sites for hydroxylation is 1. The summed E-state index contributed by atoms with van der Waals surface area (Å²) in [4.78, 5) is 2.59. The second kappa shape index (κ2) is 6.30. The molecule has 3 rings (SSSR count). The van der Waals surface area contributed by atoms with Gasteiger partial charge in [-0.2, -0.15) is 16.4 Å². The van der Waals surface area contributed by atoms with E-state index in [0.717, 1.165) is 13.0 Å². The Kier molecular flexibility index (Phi) is 4.42. The monoisotopic (exact) mass is 304 g/mol. The summed E-state index contributed by atoms with van der Waals surface area (Å²) in [6.45, 7) is 3.16. The van der Waals surface area contributed by atoms with Crippen molar-refractivity contribution in [3.05, 3.63) is 40.3 Å². The van der Waals surface area contributed by atoms with Gasteiger partial charge in [-0.25, -0.2) is 0 Å². The number of hydrogen-bond donors (Lipinski definition) is 1. The Labute approximate surface area is 130 Å². The molecule has 1 aliphatic carbocycles. The number of aromatic nitrogens is 2. The van der Waals surface area contributed by atoms with Crippen LogP contribution in [0.15, 0.2) is 29.2 Å². The summed E-state index contributed by atoms with van der Waals surface area (Å²) in [5, 5.41) is 8.75. The van der Waals surface area contributed by atoms with Crippen LogP contribution in [0, 0.1) is 0 Å². The third kappa shape index (κ3) is 3.36. The molecule has 0 aromatic carbocycles. The number of thiophene rings is 1. The summed E-state index contributed by atoms with van der Waals surface area (Å²) in [7, 11) is 1.97. The van der Waals surface area contributed by atoms with Crippen LogP contribution in [0.3, 0.4) is 0 Å². The van der Waals surface area contributed by atoms with Crippen molar-refractivity contribution in [3.63, 3.8) is 0 Å². The van der Waals surface area contributed by atoms with Gasteiger partial charge in [0.1, 0.15) is 0 Å². The van der Waals surface area contributed by atoms with Gasteiger partial charge < -0.3 is 5.73 Å². The highest BCUT2D eigenvalue weighted by Gasteiger charge is 2.37. The first-order valence-corrected chi connectivity index (χ1v) is 8.64. The van der Waals surface area contributed by atoms with Gasteiger partial charge in [0.15, 0.2) is 0 Å². The van der Waals surface area contributed by atoms with Crippen molar-refractivity contribution in [3.8, 4) is 0 Å². The zero-order valence-electron chi connectivity index (χ0n) is 12.8. The predicted octanol–water partition coefficient (Wildman–Crippen LogP) is 2.92. The van der Waals surface area contributed by atoms with E-state index in [9.17, 15) is 0 Å². The molecule has 0 spiro atoms. The van der Waals surface area contributed by atoms with E-state index in [0.29, 0.717) is 6.04 Å². The number of rotatable bonds is 7. The molecule has 0 bridgehead atoms. The molecule has 2 unspecified atom stereocenters. The van der Waals surface area contributed by atoms with Gasteiger partial charge in [0, 0.05) is 37.4 Å². The smallest absolute Gasteiger partial charge is 0.0538 e. The quantitative estimate of drug-likeness (QED) is 0.855. The van der Waals surface area contributed by atoms with Gasteiger partial charge in [0.25, 0.3) is 0 Å². The highest BCUT2D eigenvalue weighted by molar-refractivity contribution is 7.07. The Balaban J connectivity index is 1.88. The summed E-state index contributed by atoms with van der Waals surface area (Å²) >= 11 is 1.77. The van der Waals surface area contributed by atoms with E-state index in [1.165, 1.54) is 24.0 Å². The van der Waals surface area contributed by atoms with Crippen LogP contribution < -0.4 is 5.73 Å². The van der Waals surface area contributed by atoms with Crippen molar-refractivity contribution < 1.29 is 0 Å². The molecular formula is C16H24N4S. The van der Waals surface area contributed by atoms with E-state index in [-0.39, 0.29) is 12.1 Å². The SMILES string of the molecule is CCC(N)C(c1cnn(C)c1)N(Cc1ccsc1)C1CC1. The number of nitrogens with two attached hydrogens (primary N) is 1. The lowest BCUT2D eigenvalue weighted by Crippen LogP contribution is -2.41. The Morgan fingerprint density at radius 3 is 2.86 bits per heavy atom. The summed E-state index contributed by atoms with van der Waals surface area (Å²) in [5.74, 6) is 0. The van der Waals surface area contributed by atoms with Gasteiger partial charge >= 0.3 is 0 Å². The fourth-order valence-electron chi connectivity index (χ4n) is 2.95. The van der Waals surface area contributed by atoms with Crippen LogP contribution in [0.4, 0.5) is 0 Å². The fraction of sp³-hybridized carbons (Fsp3) is 0.562. The minimum atomic E-state index is 0.147. The lowest BCUT2D eigenvalue weighted by Gasteiger charge is -2.35. The lowest BCUT2D eigenvalue weighted by molar-refractivity contribution is 0.151. The highest BCUT2D eigenvalue weighted by atomic mass is 32.1. The van der Waals surface area contributed by atoms with E-state index in [1.807, 2.05) is 17.9 Å². The van der Waals surface area contributed by atoms with Crippen LogP contribution in [0.25, 0.3) is 0 Å². The van der Waals surface area contributed by atoms with E-state index in [2.05, 4.69) is 39.9 Å². The molecule has 4 nitrogen and oxygen atoms in total. The molecule has 2 atom stereocenters. The molecule has 1 aliphatic rings. The van der Waals surface area contributed by atoms with Crippen molar-refractivity contribution in [2.45, 2.75) is 50.9 Å². The highest BCUT2D eigenvalue weighted by Crippen LogP contribution is 2.37. The first-order chi connectivity index (χ1) is 10.2. The molecule has 2 aromatic heterocycles. The molecule has 114 valence electrons. The standard InChI is InChI=1S/C16H24N4S/c1-3-15(17)16(13-8-18-19(2)10-13)20(14-4-5-14)9-12-6-7-21-11-12/h6-8,10-11,14-16H,3-5,9,17H2,1-2H3. The van der Waals surface area contributed by atoms with Crippen molar-refractivity contribution >= 4 is 11.3 Å². The normalized spacial score (nSPS) is 18.1. The van der Waals surface area contributed by atoms with E-state index in [1.54, 1.807) is 11.3 Å². The summed E-state index contributed by atoms with van der Waals surface area (Å²) in [5.41, 5.74) is 9.11. The average molecular weight is 304 g/mol. The van der Waals surface area contributed by atoms with Crippen LogP contribution in [-0.4, -0.2) is 26.8 Å². The van der Waals surface area contributed by atoms with Gasteiger partial charge in [-0.15, -0.1) is 0 Å². The van der Waals surface area contributed by atoms with Crippen LogP contribution in [0.2, 0.25) is 0 Å². The van der Waals surface area contributed by atoms with E-state index in [4.69, 9.17) is 5.73 Å². The minimum Gasteiger partial charge on any atom is -0.326 e. The maximum atomic E-state index is 6.48. The summed E-state index contributed by atoms with van der Waals surface area (Å²) < 4.78 is 1.88. The molecule has 0 aliphatic heterocycles. The predicted molar refractivity (Wildman–Crippen MR) is 87.1 cm³/mol. The van der Waals surface area contributed by atoms with Gasteiger partial charge in [-0.3, -0.25) is 9.58 Å². The molecule has 2 aromatic rings. The zero-order chi connectivity index (χ0) is 14.8. The Bertz CT molecular complexity index is 559. The second-order valence-corrected chi connectivity index (χ2v) is 6.78. The summed E-state index contributed by atoms with van der Waals surface area (Å²) in [6, 6.07) is 3.30. The van der Waals surface area contributed by atoms with Crippen LogP contribution >= 0.6 is 11.3 Å². The van der Waals surface area contributed by atoms with E-state index < -0.39 is 0 Å². The van der Waals surface area contributed by atoms with Crippen molar-refractivity contribution in [1.82, 2.24) is 14.7 Å². The number of hydrogen-bond acceptors (Lipinski definition) is 4. The molecule has 0 saturated heterocycles. The third-order valence-corrected chi connectivity index (χ3v) is 4.99. The first kappa shape index (κ1) is 14.8.